The van der Waals surface area contributed by atoms with Crippen molar-refractivity contribution in [2.24, 2.45) is 0 Å². The fourth-order valence-electron chi connectivity index (χ4n) is 1.31. The summed E-state index contributed by atoms with van der Waals surface area (Å²) in [6, 6.07) is 8.35. The van der Waals surface area contributed by atoms with E-state index in [1.165, 1.54) is 18.2 Å². The van der Waals surface area contributed by atoms with Gasteiger partial charge in [-0.15, -0.1) is 11.3 Å². The zero-order chi connectivity index (χ0) is 13.0. The van der Waals surface area contributed by atoms with Gasteiger partial charge in [0.05, 0.1) is 5.02 Å². The maximum Gasteiger partial charge on any atom is 0.248 e. The van der Waals surface area contributed by atoms with Gasteiger partial charge in [0.25, 0.3) is 0 Å². The molecule has 0 unspecified atom stereocenters. The quantitative estimate of drug-likeness (QED) is 0.664. The van der Waals surface area contributed by atoms with Crippen LogP contribution < -0.4 is 5.32 Å². The Kier molecular flexibility index (Phi) is 4.02. The number of carbonyl (C=O) groups excluding carboxylic acids is 1. The number of nitrogens with one attached hydrogen (secondary N) is 1. The first-order chi connectivity index (χ1) is 8.65. The molecule has 1 aromatic carbocycles. The SMILES string of the molecule is O=C(C=Cc1cccs1)Nc1ccc(O)c(Cl)c1. The van der Waals surface area contributed by atoms with Crippen LogP contribution in [0.4, 0.5) is 5.69 Å². The molecule has 0 aliphatic rings. The first-order valence-electron chi connectivity index (χ1n) is 5.16. The second-order valence-electron chi connectivity index (χ2n) is 3.50. The van der Waals surface area contributed by atoms with E-state index in [9.17, 15) is 9.90 Å². The lowest BCUT2D eigenvalue weighted by atomic mass is 10.3. The number of carbonyl (C=O) groups is 1. The minimum Gasteiger partial charge on any atom is -0.506 e. The van der Waals surface area contributed by atoms with Crippen molar-refractivity contribution in [1.29, 1.82) is 0 Å². The summed E-state index contributed by atoms with van der Waals surface area (Å²) in [5.41, 5.74) is 0.540. The van der Waals surface area contributed by atoms with Crippen molar-refractivity contribution in [3.05, 3.63) is 51.7 Å². The Labute approximate surface area is 113 Å². The summed E-state index contributed by atoms with van der Waals surface area (Å²) < 4.78 is 0. The lowest BCUT2D eigenvalue weighted by molar-refractivity contribution is -0.111. The number of anilines is 1. The number of phenolic OH excluding ortho intramolecular Hbond substituents is 1. The average molecular weight is 280 g/mol. The Bertz CT molecular complexity index is 579. The number of thiophene rings is 1. The van der Waals surface area contributed by atoms with Gasteiger partial charge in [-0.2, -0.15) is 0 Å². The molecule has 0 atom stereocenters. The summed E-state index contributed by atoms with van der Waals surface area (Å²) >= 11 is 7.29. The number of hydrogen-bond acceptors (Lipinski definition) is 3. The molecule has 0 fully saturated rings. The van der Waals surface area contributed by atoms with Crippen molar-refractivity contribution in [3.63, 3.8) is 0 Å². The second kappa shape index (κ2) is 5.71. The van der Waals surface area contributed by atoms with E-state index in [2.05, 4.69) is 5.32 Å². The molecule has 0 radical (unpaired) electrons. The second-order valence-corrected chi connectivity index (χ2v) is 4.89. The molecule has 0 aliphatic carbocycles. The molecule has 3 nitrogen and oxygen atoms in total. The van der Waals surface area contributed by atoms with E-state index in [-0.39, 0.29) is 16.7 Å². The predicted octanol–water partition coefficient (Wildman–Crippen LogP) is 3.76. The highest BCUT2D eigenvalue weighted by Crippen LogP contribution is 2.26. The zero-order valence-electron chi connectivity index (χ0n) is 9.26. The molecule has 0 aliphatic heterocycles. The van der Waals surface area contributed by atoms with E-state index >= 15 is 0 Å². The van der Waals surface area contributed by atoms with Crippen LogP contribution in [0.25, 0.3) is 6.08 Å². The summed E-state index contributed by atoms with van der Waals surface area (Å²) in [6.45, 7) is 0. The fraction of sp³-hybridized carbons (Fsp3) is 0. The summed E-state index contributed by atoms with van der Waals surface area (Å²) in [5.74, 6) is -0.256. The predicted molar refractivity (Wildman–Crippen MR) is 75.1 cm³/mol. The molecule has 1 heterocycles. The molecule has 5 heteroatoms. The summed E-state index contributed by atoms with van der Waals surface area (Å²) in [7, 11) is 0. The Morgan fingerprint density at radius 1 is 1.39 bits per heavy atom. The van der Waals surface area contributed by atoms with Crippen molar-refractivity contribution >= 4 is 40.6 Å². The minimum atomic E-state index is -0.245. The number of rotatable bonds is 3. The fourth-order valence-corrected chi connectivity index (χ4v) is 2.11. The maximum absolute atomic E-state index is 11.6. The van der Waals surface area contributed by atoms with E-state index in [0.717, 1.165) is 4.88 Å². The Morgan fingerprint density at radius 2 is 2.22 bits per heavy atom. The Balaban J connectivity index is 2.01. The number of amides is 1. The highest BCUT2D eigenvalue weighted by Gasteiger charge is 2.02. The molecule has 18 heavy (non-hydrogen) atoms. The van der Waals surface area contributed by atoms with Gasteiger partial charge in [-0.1, -0.05) is 17.7 Å². The van der Waals surface area contributed by atoms with E-state index in [1.54, 1.807) is 23.5 Å². The van der Waals surface area contributed by atoms with Gasteiger partial charge in [0.1, 0.15) is 5.75 Å². The van der Waals surface area contributed by atoms with Crippen molar-refractivity contribution in [2.45, 2.75) is 0 Å². The van der Waals surface area contributed by atoms with Crippen molar-refractivity contribution in [2.75, 3.05) is 5.32 Å². The number of aromatic hydroxyl groups is 1. The molecule has 1 amide bonds. The molecule has 92 valence electrons. The summed E-state index contributed by atoms with van der Waals surface area (Å²) in [4.78, 5) is 12.6. The van der Waals surface area contributed by atoms with Gasteiger partial charge in [0, 0.05) is 16.6 Å². The van der Waals surface area contributed by atoms with Gasteiger partial charge in [0.15, 0.2) is 0 Å². The third kappa shape index (κ3) is 3.35. The molecular weight excluding hydrogens is 270 g/mol. The van der Waals surface area contributed by atoms with E-state index < -0.39 is 0 Å². The number of phenols is 1. The third-order valence-electron chi connectivity index (χ3n) is 2.16. The zero-order valence-corrected chi connectivity index (χ0v) is 10.8. The molecule has 2 N–H and O–H groups in total. The maximum atomic E-state index is 11.6. The number of benzene rings is 1. The highest BCUT2D eigenvalue weighted by molar-refractivity contribution is 7.10. The number of halogens is 1. The summed E-state index contributed by atoms with van der Waals surface area (Å²) in [6.07, 6.45) is 3.19. The van der Waals surface area contributed by atoms with Crippen LogP contribution in [-0.4, -0.2) is 11.0 Å². The average Bonchev–Trinajstić information content (AvgIpc) is 2.84. The van der Waals surface area contributed by atoms with Crippen LogP contribution in [-0.2, 0) is 4.79 Å². The van der Waals surface area contributed by atoms with Crippen LogP contribution >= 0.6 is 22.9 Å². The minimum absolute atomic E-state index is 0.0104. The highest BCUT2D eigenvalue weighted by atomic mass is 35.5. The Hall–Kier alpha value is -1.78. The molecule has 2 aromatic rings. The molecule has 2 rings (SSSR count). The van der Waals surface area contributed by atoms with Gasteiger partial charge >= 0.3 is 0 Å². The molecule has 0 spiro atoms. The van der Waals surface area contributed by atoms with Crippen molar-refractivity contribution in [3.8, 4) is 5.75 Å². The van der Waals surface area contributed by atoms with Crippen LogP contribution in [0.1, 0.15) is 4.88 Å². The third-order valence-corrected chi connectivity index (χ3v) is 3.30. The van der Waals surface area contributed by atoms with Crippen LogP contribution in [0.15, 0.2) is 41.8 Å². The van der Waals surface area contributed by atoms with E-state index in [1.807, 2.05) is 17.5 Å². The first kappa shape index (κ1) is 12.7. The van der Waals surface area contributed by atoms with Gasteiger partial charge in [-0.3, -0.25) is 4.79 Å². The summed E-state index contributed by atoms with van der Waals surface area (Å²) in [5, 5.41) is 14.1. The van der Waals surface area contributed by atoms with Gasteiger partial charge in [-0.05, 0) is 35.7 Å². The largest absolute Gasteiger partial charge is 0.506 e. The number of hydrogen-bond donors (Lipinski definition) is 2. The van der Waals surface area contributed by atoms with Crippen LogP contribution in [0.5, 0.6) is 5.75 Å². The standard InChI is InChI=1S/C13H10ClNO2S/c14-11-8-9(3-5-12(11)16)15-13(17)6-4-10-2-1-7-18-10/h1-8,16H,(H,15,17). The van der Waals surface area contributed by atoms with Crippen molar-refractivity contribution < 1.29 is 9.90 Å². The smallest absolute Gasteiger partial charge is 0.248 e. The van der Waals surface area contributed by atoms with Crippen LogP contribution in [0.2, 0.25) is 5.02 Å². The monoisotopic (exact) mass is 279 g/mol. The van der Waals surface area contributed by atoms with Crippen LogP contribution in [0.3, 0.4) is 0 Å². The van der Waals surface area contributed by atoms with Gasteiger partial charge < -0.3 is 10.4 Å². The first-order valence-corrected chi connectivity index (χ1v) is 6.42. The van der Waals surface area contributed by atoms with Crippen molar-refractivity contribution in [1.82, 2.24) is 0 Å². The van der Waals surface area contributed by atoms with Crippen LogP contribution in [0, 0.1) is 0 Å². The topological polar surface area (TPSA) is 49.3 Å². The molecule has 0 saturated heterocycles. The lowest BCUT2D eigenvalue weighted by Crippen LogP contribution is -2.07. The van der Waals surface area contributed by atoms with E-state index in [4.69, 9.17) is 11.6 Å². The lowest BCUT2D eigenvalue weighted by Gasteiger charge is -2.03. The molecular formula is C13H10ClNO2S. The molecule has 0 bridgehead atoms. The van der Waals surface area contributed by atoms with Gasteiger partial charge in [0.2, 0.25) is 5.91 Å². The van der Waals surface area contributed by atoms with E-state index in [0.29, 0.717) is 5.69 Å². The molecule has 0 saturated carbocycles. The molecule has 1 aromatic heterocycles. The van der Waals surface area contributed by atoms with Gasteiger partial charge in [-0.25, -0.2) is 0 Å². The normalized spacial score (nSPS) is 10.7. The Morgan fingerprint density at radius 3 is 2.89 bits per heavy atom.